The van der Waals surface area contributed by atoms with E-state index in [4.69, 9.17) is 16.3 Å². The molecule has 172 valence electrons. The van der Waals surface area contributed by atoms with Gasteiger partial charge in [0.2, 0.25) is 0 Å². The van der Waals surface area contributed by atoms with Crippen LogP contribution < -0.4 is 5.32 Å². The number of fused-ring (bicyclic) bond motifs is 1. The Labute approximate surface area is 205 Å². The number of alkyl halides is 4. The molecule has 0 radical (unpaired) electrons. The van der Waals surface area contributed by atoms with Crippen molar-refractivity contribution >= 4 is 74.3 Å². The second kappa shape index (κ2) is 9.77. The number of aromatic nitrogens is 3. The Hall–Kier alpha value is -0.880. The molecule has 1 aliphatic heterocycles. The van der Waals surface area contributed by atoms with Crippen LogP contribution in [0.25, 0.3) is 11.2 Å². The van der Waals surface area contributed by atoms with Crippen molar-refractivity contribution < 1.29 is 22.3 Å². The van der Waals surface area contributed by atoms with E-state index >= 15 is 0 Å². The van der Waals surface area contributed by atoms with Gasteiger partial charge in [0.1, 0.15) is 17.3 Å². The van der Waals surface area contributed by atoms with E-state index < -0.39 is 25.1 Å². The van der Waals surface area contributed by atoms with Gasteiger partial charge in [-0.15, -0.1) is 11.8 Å². The Morgan fingerprint density at radius 3 is 2.72 bits per heavy atom. The van der Waals surface area contributed by atoms with E-state index in [0.29, 0.717) is 16.9 Å². The quantitative estimate of drug-likeness (QED) is 0.101. The van der Waals surface area contributed by atoms with Crippen molar-refractivity contribution in [2.24, 2.45) is 0 Å². The van der Waals surface area contributed by atoms with Crippen molar-refractivity contribution in [3.8, 4) is 0 Å². The van der Waals surface area contributed by atoms with Gasteiger partial charge in [-0.2, -0.15) is 0 Å². The molecule has 0 aliphatic carbocycles. The fraction of sp³-hybridized carbons (Fsp3) is 0.368. The maximum atomic E-state index is 13.5. The molecule has 1 saturated heterocycles. The number of anilines is 2. The summed E-state index contributed by atoms with van der Waals surface area (Å²) in [5.41, 5.74) is 2.54. The predicted octanol–water partition coefficient (Wildman–Crippen LogP) is 7.77. The van der Waals surface area contributed by atoms with Gasteiger partial charge in [-0.3, -0.25) is 4.34 Å². The van der Waals surface area contributed by atoms with Crippen LogP contribution in [-0.2, 0) is 4.74 Å². The van der Waals surface area contributed by atoms with Gasteiger partial charge in [-0.1, -0.05) is 17.7 Å². The van der Waals surface area contributed by atoms with Crippen LogP contribution in [0.5, 0.6) is 0 Å². The average Bonchev–Trinajstić information content (AvgIpc) is 3.13. The number of ether oxygens (including phenoxy) is 1. The third-order valence-electron chi connectivity index (χ3n) is 5.02. The zero-order valence-electron chi connectivity index (χ0n) is 16.5. The molecule has 2 unspecified atom stereocenters. The first kappa shape index (κ1) is 24.3. The number of pyridine rings is 1. The van der Waals surface area contributed by atoms with Crippen LogP contribution in [0.3, 0.4) is 0 Å². The van der Waals surface area contributed by atoms with Gasteiger partial charge in [0, 0.05) is 17.4 Å². The zero-order chi connectivity index (χ0) is 23.0. The zero-order valence-corrected chi connectivity index (χ0v) is 21.2. The highest BCUT2D eigenvalue weighted by Crippen LogP contribution is 2.41. The lowest BCUT2D eigenvalue weighted by Gasteiger charge is -2.29. The number of imidazole rings is 1. The average molecular weight is 619 g/mol. The van der Waals surface area contributed by atoms with Crippen LogP contribution in [-0.4, -0.2) is 33.1 Å². The summed E-state index contributed by atoms with van der Waals surface area (Å²) in [5.74, 6) is -3.15. The molecule has 0 bridgehead atoms. The van der Waals surface area contributed by atoms with E-state index in [2.05, 4.69) is 15.3 Å². The van der Waals surface area contributed by atoms with Crippen molar-refractivity contribution in [1.29, 1.82) is 0 Å². The highest BCUT2D eigenvalue weighted by atomic mass is 127. The summed E-state index contributed by atoms with van der Waals surface area (Å²) < 4.78 is 60.5. The molecule has 3 heterocycles. The standard InChI is InChI=1S/C19H17ClF4IN4OPS/c1-32-13-6-9(12-4-5-19(23,24)8-30-12)2-3-10(13)26-11-7-14(20)27-17-15(11)28-18(16(21)22)29(17)31-25/h2-3,6-7,12,16,31H,4-5,8H2,1H3,(H,26,27). The molecule has 13 heteroatoms. The third-order valence-corrected chi connectivity index (χ3v) is 8.05. The molecule has 1 fully saturated rings. The molecule has 3 aromatic rings. The number of nitrogens with zero attached hydrogens (tertiary/aromatic N) is 3. The van der Waals surface area contributed by atoms with Crippen molar-refractivity contribution in [3.05, 3.63) is 40.8 Å². The molecular weight excluding hydrogens is 602 g/mol. The number of nitrogens with one attached hydrogen (secondary N) is 1. The van der Waals surface area contributed by atoms with Gasteiger partial charge in [-0.05, 0) is 52.4 Å². The molecule has 0 amide bonds. The van der Waals surface area contributed by atoms with Crippen molar-refractivity contribution in [2.75, 3.05) is 18.2 Å². The molecule has 32 heavy (non-hydrogen) atoms. The van der Waals surface area contributed by atoms with Crippen molar-refractivity contribution in [3.63, 3.8) is 0 Å². The van der Waals surface area contributed by atoms with Crippen LogP contribution in [0.15, 0.2) is 29.2 Å². The van der Waals surface area contributed by atoms with Crippen LogP contribution >= 0.6 is 51.8 Å². The van der Waals surface area contributed by atoms with Gasteiger partial charge in [0.05, 0.1) is 23.9 Å². The topological polar surface area (TPSA) is 52.0 Å². The molecule has 1 aromatic carbocycles. The number of hydrogen-bond acceptors (Lipinski definition) is 5. The Kier molecular flexibility index (Phi) is 7.41. The van der Waals surface area contributed by atoms with E-state index in [0.717, 1.165) is 10.5 Å². The second-order valence-electron chi connectivity index (χ2n) is 7.13. The molecule has 1 N–H and O–H groups in total. The number of rotatable bonds is 6. The van der Waals surface area contributed by atoms with Crippen LogP contribution in [0.1, 0.15) is 36.8 Å². The van der Waals surface area contributed by atoms with E-state index in [9.17, 15) is 17.6 Å². The normalized spacial score (nSPS) is 18.8. The van der Waals surface area contributed by atoms with E-state index in [-0.39, 0.29) is 35.8 Å². The monoisotopic (exact) mass is 618 g/mol. The van der Waals surface area contributed by atoms with Gasteiger partial charge in [0.25, 0.3) is 12.3 Å². The first-order valence-corrected chi connectivity index (χ1v) is 15.1. The summed E-state index contributed by atoms with van der Waals surface area (Å²) in [6, 6.07) is 7.04. The molecule has 5 nitrogen and oxygen atoms in total. The van der Waals surface area contributed by atoms with Gasteiger partial charge in [-0.25, -0.2) is 27.5 Å². The summed E-state index contributed by atoms with van der Waals surface area (Å²) in [6.45, 7) is -0.591. The smallest absolute Gasteiger partial charge is 0.295 e. The van der Waals surface area contributed by atoms with E-state index in [1.807, 2.05) is 46.5 Å². The number of hydrogen-bond donors (Lipinski definition) is 1. The second-order valence-corrected chi connectivity index (χ2v) is 10.4. The molecule has 0 spiro atoms. The first-order valence-electron chi connectivity index (χ1n) is 9.40. The van der Waals surface area contributed by atoms with Crippen LogP contribution in [0, 0.1) is 0 Å². The highest BCUT2D eigenvalue weighted by molar-refractivity contribution is 14.2. The maximum absolute atomic E-state index is 13.5. The maximum Gasteiger partial charge on any atom is 0.295 e. The largest absolute Gasteiger partial charge is 0.367 e. The Morgan fingerprint density at radius 2 is 2.09 bits per heavy atom. The minimum Gasteiger partial charge on any atom is -0.367 e. The molecule has 0 saturated carbocycles. The summed E-state index contributed by atoms with van der Waals surface area (Å²) >= 11 is 9.62. The molecule has 2 atom stereocenters. The summed E-state index contributed by atoms with van der Waals surface area (Å²) in [4.78, 5) is 9.15. The van der Waals surface area contributed by atoms with Gasteiger partial charge >= 0.3 is 0 Å². The van der Waals surface area contributed by atoms with E-state index in [1.54, 1.807) is 0 Å². The summed E-state index contributed by atoms with van der Waals surface area (Å²) in [5, 5.41) is 3.38. The molecular formula is C19H17ClF4IN4OPS. The number of benzene rings is 1. The lowest BCUT2D eigenvalue weighted by Crippen LogP contribution is -2.30. The Morgan fingerprint density at radius 1 is 1.31 bits per heavy atom. The fourth-order valence-corrected chi connectivity index (χ4v) is 6.18. The van der Waals surface area contributed by atoms with Crippen LogP contribution in [0.4, 0.5) is 28.9 Å². The Balaban J connectivity index is 1.68. The van der Waals surface area contributed by atoms with Crippen molar-refractivity contribution in [1.82, 2.24) is 14.3 Å². The minimum absolute atomic E-state index is 0.0216. The Bertz CT molecular complexity index is 1140. The third kappa shape index (κ3) is 4.96. The lowest BCUT2D eigenvalue weighted by atomic mass is 9.99. The van der Waals surface area contributed by atoms with Gasteiger partial charge < -0.3 is 10.1 Å². The van der Waals surface area contributed by atoms with Crippen molar-refractivity contribution in [2.45, 2.75) is 36.2 Å². The van der Waals surface area contributed by atoms with E-state index in [1.165, 1.54) is 22.2 Å². The first-order chi connectivity index (χ1) is 15.2. The fourth-order valence-electron chi connectivity index (χ4n) is 3.50. The molecule has 1 aliphatic rings. The minimum atomic E-state index is -2.79. The molecule has 2 aromatic heterocycles. The summed E-state index contributed by atoms with van der Waals surface area (Å²) in [6.07, 6.45) is -1.26. The predicted molar refractivity (Wildman–Crippen MR) is 130 cm³/mol. The number of thioether (sulfide) groups is 1. The van der Waals surface area contributed by atoms with Gasteiger partial charge in [0.15, 0.2) is 11.5 Å². The SMILES string of the molecule is CSc1cc(C2CCC(F)(F)CO2)ccc1Nc1cc(Cl)nc2c1nc(C(F)F)n2PI. The number of halogens is 6. The highest BCUT2D eigenvalue weighted by Gasteiger charge is 2.36. The molecule has 4 rings (SSSR count). The summed E-state index contributed by atoms with van der Waals surface area (Å²) in [7, 11) is 0. The van der Waals surface area contributed by atoms with Crippen LogP contribution in [0.2, 0.25) is 5.15 Å². The lowest BCUT2D eigenvalue weighted by molar-refractivity contribution is -0.145.